The molecule has 65 heavy (non-hydrogen) atoms. The minimum atomic E-state index is -1.81. The van der Waals surface area contributed by atoms with E-state index in [1.807, 2.05) is 56.3 Å². The smallest absolute Gasteiger partial charge is 0.458 e. The van der Waals surface area contributed by atoms with Crippen molar-refractivity contribution in [3.05, 3.63) is 48.2 Å². The van der Waals surface area contributed by atoms with Crippen LogP contribution in [-0.4, -0.2) is 144 Å². The van der Waals surface area contributed by atoms with E-state index in [-0.39, 0.29) is 31.3 Å². The Kier molecular flexibility index (Phi) is 17.0. The van der Waals surface area contributed by atoms with Crippen LogP contribution in [0.25, 0.3) is 17.0 Å². The quantitative estimate of drug-likeness (QED) is 0.182. The summed E-state index contributed by atoms with van der Waals surface area (Å²) < 4.78 is 43.4. The first kappa shape index (κ1) is 51.1. The number of fused-ring (bicyclic) bond motifs is 2. The van der Waals surface area contributed by atoms with E-state index in [1.54, 1.807) is 80.7 Å². The van der Waals surface area contributed by atoms with Crippen LogP contribution < -0.4 is 5.32 Å². The van der Waals surface area contributed by atoms with E-state index in [2.05, 4.69) is 10.3 Å². The summed E-state index contributed by atoms with van der Waals surface area (Å²) in [5.41, 5.74) is -1.67. The van der Waals surface area contributed by atoms with Gasteiger partial charge >= 0.3 is 24.3 Å². The van der Waals surface area contributed by atoms with E-state index in [4.69, 9.17) is 33.2 Å². The fourth-order valence-corrected chi connectivity index (χ4v) is 9.81. The highest BCUT2D eigenvalue weighted by Gasteiger charge is 2.58. The Hall–Kier alpha value is -4.84. The number of carbonyl (C=O) groups excluding carboxylic acids is 5. The Bertz CT molecular complexity index is 2030. The first-order valence-electron chi connectivity index (χ1n) is 22.9. The van der Waals surface area contributed by atoms with Crippen LogP contribution in [0.5, 0.6) is 0 Å². The van der Waals surface area contributed by atoms with E-state index in [1.165, 1.54) is 4.90 Å². The number of alkyl carbamates (subject to hydrolysis) is 1. The monoisotopic (exact) mass is 910 g/mol. The second-order valence-corrected chi connectivity index (χ2v) is 18.5. The molecule has 0 bridgehead atoms. The van der Waals surface area contributed by atoms with Gasteiger partial charge in [-0.05, 0) is 98.7 Å². The highest BCUT2D eigenvalue weighted by atomic mass is 16.8. The number of amides is 2. The summed E-state index contributed by atoms with van der Waals surface area (Å²) in [6.45, 7) is 17.4. The van der Waals surface area contributed by atoms with Crippen LogP contribution >= 0.6 is 0 Å². The molecule has 3 aliphatic heterocycles. The van der Waals surface area contributed by atoms with Gasteiger partial charge in [0.2, 0.25) is 0 Å². The molecule has 1 aromatic heterocycles. The maximum absolute atomic E-state index is 14.7. The second-order valence-electron chi connectivity index (χ2n) is 18.5. The minimum Gasteiger partial charge on any atom is -0.458 e. The Balaban J connectivity index is 1.61. The van der Waals surface area contributed by atoms with Crippen LogP contribution in [0, 0.1) is 23.7 Å². The molecule has 5 rings (SSSR count). The van der Waals surface area contributed by atoms with Crippen molar-refractivity contribution in [3.63, 3.8) is 0 Å². The molecule has 360 valence electrons. The number of nitrogens with zero attached hydrogens (tertiary/aromatic N) is 3. The van der Waals surface area contributed by atoms with Gasteiger partial charge in [0.25, 0.3) is 0 Å². The molecule has 0 unspecified atom stereocenters. The van der Waals surface area contributed by atoms with Gasteiger partial charge < -0.3 is 53.4 Å². The zero-order valence-corrected chi connectivity index (χ0v) is 40.0. The number of cyclic esters (lactones) is 1. The van der Waals surface area contributed by atoms with Crippen LogP contribution in [0.4, 0.5) is 14.4 Å². The number of ketones is 1. The van der Waals surface area contributed by atoms with Crippen molar-refractivity contribution in [2.24, 2.45) is 23.7 Å². The van der Waals surface area contributed by atoms with Crippen LogP contribution in [0.2, 0.25) is 0 Å². The van der Waals surface area contributed by atoms with Gasteiger partial charge in [-0.15, -0.1) is 0 Å². The first-order chi connectivity index (χ1) is 30.7. The van der Waals surface area contributed by atoms with Crippen LogP contribution in [-0.2, 0) is 42.7 Å². The summed E-state index contributed by atoms with van der Waals surface area (Å²) in [6.07, 6.45) is -3.57. The lowest BCUT2D eigenvalue weighted by Gasteiger charge is -2.48. The number of esters is 1. The number of aromatic nitrogens is 1. The van der Waals surface area contributed by atoms with E-state index >= 15 is 0 Å². The van der Waals surface area contributed by atoms with Crippen LogP contribution in [0.1, 0.15) is 94.1 Å². The third-order valence-corrected chi connectivity index (χ3v) is 13.4. The number of carbonyl (C=O) groups is 5. The summed E-state index contributed by atoms with van der Waals surface area (Å²) in [6, 6.07) is 8.29. The van der Waals surface area contributed by atoms with Crippen molar-refractivity contribution >= 4 is 47.1 Å². The Morgan fingerprint density at radius 3 is 2.37 bits per heavy atom. The molecule has 3 fully saturated rings. The topological polar surface area (TPSA) is 202 Å². The van der Waals surface area contributed by atoms with Gasteiger partial charge in [-0.3, -0.25) is 14.6 Å². The number of benzene rings is 1. The minimum absolute atomic E-state index is 0.181. The normalized spacial score (nSPS) is 34.8. The van der Waals surface area contributed by atoms with Crippen molar-refractivity contribution in [2.75, 3.05) is 33.8 Å². The van der Waals surface area contributed by atoms with E-state index in [0.717, 1.165) is 16.5 Å². The Morgan fingerprint density at radius 1 is 1.02 bits per heavy atom. The summed E-state index contributed by atoms with van der Waals surface area (Å²) in [7, 11) is 3.66. The number of likely N-dealkylation sites (N-methyl/N-ethyl adjacent to an activating group) is 1. The van der Waals surface area contributed by atoms with Gasteiger partial charge in [0.15, 0.2) is 11.9 Å². The molecule has 2 N–H and O–H groups in total. The highest BCUT2D eigenvalue weighted by molar-refractivity contribution is 5.85. The predicted octanol–water partition coefficient (Wildman–Crippen LogP) is 6.52. The average Bonchev–Trinajstić information content (AvgIpc) is 3.58. The SMILES string of the molecule is CC[C@H]1OC(=O)[C@H](C)[C@@H](OC(=O)N(CC)CC)[C@H](C)[C@@H](O[C@@H]2O[C@H](C)C[C@H](N(C)C)[C@H]2O)[C@](C)(OC(=O)OC/C=C/c2cnc3ccccc3c2)C[C@@H](C)C(=O)[C@H](C)[C@H]2NC(=O)O[C@@]21C. The number of para-hydroxylation sites is 1. The maximum atomic E-state index is 14.7. The third-order valence-electron chi connectivity index (χ3n) is 13.4. The molecule has 4 heterocycles. The number of pyridine rings is 1. The largest absolute Gasteiger partial charge is 0.509 e. The molecule has 3 aliphatic rings. The first-order valence-corrected chi connectivity index (χ1v) is 22.9. The third kappa shape index (κ3) is 11.6. The molecule has 17 heteroatoms. The molecule has 2 amide bonds. The van der Waals surface area contributed by atoms with Crippen molar-refractivity contribution < 1.29 is 62.2 Å². The number of ether oxygens (including phenoxy) is 7. The Labute approximate surface area is 382 Å². The summed E-state index contributed by atoms with van der Waals surface area (Å²) >= 11 is 0. The van der Waals surface area contributed by atoms with Crippen molar-refractivity contribution in [2.45, 2.75) is 149 Å². The molecule has 0 radical (unpaired) electrons. The number of aliphatic hydroxyl groups is 1. The second kappa shape index (κ2) is 21.6. The van der Waals surface area contributed by atoms with Crippen LogP contribution in [0.15, 0.2) is 42.6 Å². The number of hydrogen-bond acceptors (Lipinski definition) is 15. The number of nitrogens with one attached hydrogen (secondary N) is 1. The summed E-state index contributed by atoms with van der Waals surface area (Å²) in [5.74, 6) is -5.08. The van der Waals surface area contributed by atoms with Crippen LogP contribution in [0.3, 0.4) is 0 Å². The molecule has 0 aliphatic carbocycles. The van der Waals surface area contributed by atoms with Gasteiger partial charge in [0, 0.05) is 48.5 Å². The van der Waals surface area contributed by atoms with E-state index < -0.39 is 102 Å². The number of rotatable bonds is 11. The van der Waals surface area contributed by atoms with Crippen molar-refractivity contribution in [1.82, 2.24) is 20.1 Å². The molecular formula is C48H70N4O13. The van der Waals surface area contributed by atoms with E-state index in [0.29, 0.717) is 19.5 Å². The number of aliphatic hydroxyl groups excluding tert-OH is 1. The van der Waals surface area contributed by atoms with Gasteiger partial charge in [0.1, 0.15) is 42.4 Å². The number of hydrogen-bond donors (Lipinski definition) is 2. The van der Waals surface area contributed by atoms with E-state index in [9.17, 15) is 29.1 Å². The summed E-state index contributed by atoms with van der Waals surface area (Å²) in [5, 5.41) is 15.5. The lowest BCUT2D eigenvalue weighted by atomic mass is 9.73. The summed E-state index contributed by atoms with van der Waals surface area (Å²) in [4.78, 5) is 77.9. The molecule has 17 nitrogen and oxygen atoms in total. The zero-order chi connectivity index (χ0) is 48.0. The fraction of sp³-hybridized carbons (Fsp3) is 0.667. The molecular weight excluding hydrogens is 841 g/mol. The molecule has 2 aromatic rings. The molecule has 14 atom stereocenters. The predicted molar refractivity (Wildman–Crippen MR) is 240 cm³/mol. The van der Waals surface area contributed by atoms with Gasteiger partial charge in [-0.2, -0.15) is 0 Å². The number of Topliss-reactive ketones (excluding diaryl/α,β-unsaturated/α-hetero) is 1. The van der Waals surface area contributed by atoms with Crippen molar-refractivity contribution in [3.8, 4) is 0 Å². The van der Waals surface area contributed by atoms with Gasteiger partial charge in [-0.1, -0.05) is 52.0 Å². The average molecular weight is 911 g/mol. The molecule has 0 spiro atoms. The standard InChI is InChI=1S/C48H70N4O13/c1-13-36-48(10)40(50-44(56)64-48)29(6)37(53)27(4)25-47(9,65-46(58)59-22-18-19-32-24-33-20-16-17-21-34(33)49-26-32)41(63-43-38(54)35(51(11)12)23-28(5)60-43)30(7)39(31(8)42(55)61-36)62-45(57)52(14-2)15-3/h16-21,24,26-31,35-36,38-41,43,54H,13-15,22-23,25H2,1-12H3,(H,50,56)/b19-18+/t27-,28-,29+,30+,31-,35+,36-,38-,39+,40-,41-,43+,47-,48-/m1/s1. The lowest BCUT2D eigenvalue weighted by Crippen LogP contribution is -2.61. The maximum Gasteiger partial charge on any atom is 0.509 e. The Morgan fingerprint density at radius 2 is 1.71 bits per heavy atom. The fourth-order valence-electron chi connectivity index (χ4n) is 9.81. The van der Waals surface area contributed by atoms with Gasteiger partial charge in [0.05, 0.1) is 23.6 Å². The lowest BCUT2D eigenvalue weighted by molar-refractivity contribution is -0.299. The zero-order valence-electron chi connectivity index (χ0n) is 40.0. The highest BCUT2D eigenvalue weighted by Crippen LogP contribution is 2.42. The molecule has 1 aromatic carbocycles. The van der Waals surface area contributed by atoms with Crippen molar-refractivity contribution in [1.29, 1.82) is 0 Å². The van der Waals surface area contributed by atoms with Gasteiger partial charge in [-0.25, -0.2) is 14.4 Å². The molecule has 3 saturated heterocycles. The molecule has 0 saturated carbocycles.